The average Bonchev–Trinajstić information content (AvgIpc) is 3.12. The second-order valence-corrected chi connectivity index (χ2v) is 6.46. The van der Waals surface area contributed by atoms with E-state index in [1.165, 1.54) is 16.7 Å². The van der Waals surface area contributed by atoms with Crippen molar-refractivity contribution in [1.29, 1.82) is 5.26 Å². The van der Waals surface area contributed by atoms with Crippen molar-refractivity contribution in [3.8, 4) is 11.8 Å². The van der Waals surface area contributed by atoms with Crippen LogP contribution in [-0.4, -0.2) is 26.7 Å². The number of aromatic nitrogens is 1. The number of nitriles is 1. The summed E-state index contributed by atoms with van der Waals surface area (Å²) in [7, 11) is 0. The third kappa shape index (κ3) is 2.75. The van der Waals surface area contributed by atoms with Crippen LogP contribution in [0.3, 0.4) is 0 Å². The van der Waals surface area contributed by atoms with E-state index in [1.807, 2.05) is 6.07 Å². The number of hydrogen-bond donors (Lipinski definition) is 2. The number of fused-ring (bicyclic) bond motifs is 1. The predicted molar refractivity (Wildman–Crippen MR) is 88.4 cm³/mol. The first kappa shape index (κ1) is 16.7. The Balaban J connectivity index is 2.28. The fourth-order valence-electron chi connectivity index (χ4n) is 2.75. The Bertz CT molecular complexity index is 1070. The molecule has 3 rings (SSSR count). The first-order valence-corrected chi connectivity index (χ1v) is 7.94. The summed E-state index contributed by atoms with van der Waals surface area (Å²) in [5.41, 5.74) is 0.837. The molecule has 2 aromatic heterocycles. The number of rotatable bonds is 3. The molecule has 0 spiro atoms. The predicted octanol–water partition coefficient (Wildman–Crippen LogP) is 3.04. The van der Waals surface area contributed by atoms with Crippen molar-refractivity contribution in [2.45, 2.75) is 13.3 Å². The summed E-state index contributed by atoms with van der Waals surface area (Å²) in [5.74, 6) is -3.13. The smallest absolute Gasteiger partial charge is 0.307 e. The van der Waals surface area contributed by atoms with E-state index < -0.39 is 23.4 Å². The summed E-state index contributed by atoms with van der Waals surface area (Å²) in [6.07, 6.45) is -0.373. The molecule has 0 saturated heterocycles. The molecule has 2 heterocycles. The Morgan fingerprint density at radius 3 is 2.68 bits per heavy atom. The molecule has 0 radical (unpaired) electrons. The third-order valence-electron chi connectivity index (χ3n) is 3.86. The Hall–Kier alpha value is -3.18. The highest BCUT2D eigenvalue weighted by Gasteiger charge is 2.23. The van der Waals surface area contributed by atoms with Gasteiger partial charge in [0.05, 0.1) is 16.8 Å². The van der Waals surface area contributed by atoms with Gasteiger partial charge in [0.2, 0.25) is 0 Å². The molecule has 25 heavy (non-hydrogen) atoms. The lowest BCUT2D eigenvalue weighted by Gasteiger charge is -2.06. The molecule has 0 atom stereocenters. The van der Waals surface area contributed by atoms with Gasteiger partial charge in [0.1, 0.15) is 10.9 Å². The number of thiophene rings is 1. The maximum Gasteiger partial charge on any atom is 0.307 e. The van der Waals surface area contributed by atoms with Gasteiger partial charge >= 0.3 is 5.97 Å². The molecule has 0 unspecified atom stereocenters. The largest absolute Gasteiger partial charge is 0.505 e. The van der Waals surface area contributed by atoms with Crippen molar-refractivity contribution in [3.05, 3.63) is 51.1 Å². The van der Waals surface area contributed by atoms with Crippen molar-refractivity contribution >= 4 is 34.1 Å². The van der Waals surface area contributed by atoms with Gasteiger partial charge in [0, 0.05) is 17.1 Å². The minimum Gasteiger partial charge on any atom is -0.505 e. The van der Waals surface area contributed by atoms with E-state index in [2.05, 4.69) is 0 Å². The second kappa shape index (κ2) is 6.03. The summed E-state index contributed by atoms with van der Waals surface area (Å²) in [6, 6.07) is 7.05. The zero-order valence-electron chi connectivity index (χ0n) is 12.9. The molecule has 3 aromatic rings. The molecule has 8 heteroatoms. The number of benzene rings is 1. The first-order chi connectivity index (χ1) is 11.8. The van der Waals surface area contributed by atoms with Crippen LogP contribution in [0.2, 0.25) is 0 Å². The number of aliphatic carboxylic acids is 1. The Labute approximate surface area is 145 Å². The highest BCUT2D eigenvalue weighted by atomic mass is 32.1. The van der Waals surface area contributed by atoms with E-state index >= 15 is 0 Å². The molecule has 0 amide bonds. The molecule has 1 aromatic carbocycles. The number of halogens is 1. The summed E-state index contributed by atoms with van der Waals surface area (Å²) >= 11 is 0.993. The quantitative estimate of drug-likeness (QED) is 0.749. The summed E-state index contributed by atoms with van der Waals surface area (Å²) in [4.78, 5) is 24.6. The van der Waals surface area contributed by atoms with Gasteiger partial charge in [-0.1, -0.05) is 0 Å². The van der Waals surface area contributed by atoms with Gasteiger partial charge in [0.15, 0.2) is 11.6 Å². The Morgan fingerprint density at radius 1 is 1.36 bits per heavy atom. The van der Waals surface area contributed by atoms with Gasteiger partial charge in [-0.25, -0.2) is 4.39 Å². The van der Waals surface area contributed by atoms with Crippen molar-refractivity contribution in [3.63, 3.8) is 0 Å². The van der Waals surface area contributed by atoms with Gasteiger partial charge in [-0.05, 0) is 30.7 Å². The van der Waals surface area contributed by atoms with E-state index in [0.29, 0.717) is 21.5 Å². The number of phenolic OH excluding ortho intramolecular Hbond substituents is 1. The summed E-state index contributed by atoms with van der Waals surface area (Å²) in [6.45, 7) is 1.56. The van der Waals surface area contributed by atoms with E-state index in [4.69, 9.17) is 10.4 Å². The second-order valence-electron chi connectivity index (χ2n) is 5.37. The molecular weight excluding hydrogens is 347 g/mol. The number of carbonyl (C=O) groups excluding carboxylic acids is 1. The molecule has 6 nitrogen and oxygen atoms in total. The fraction of sp³-hybridized carbons (Fsp3) is 0.118. The Morgan fingerprint density at radius 2 is 2.08 bits per heavy atom. The molecule has 0 saturated carbocycles. The minimum absolute atomic E-state index is 0.168. The van der Waals surface area contributed by atoms with Crippen LogP contribution >= 0.6 is 11.3 Å². The van der Waals surface area contributed by atoms with Crippen LogP contribution in [0.25, 0.3) is 10.9 Å². The lowest BCUT2D eigenvalue weighted by molar-refractivity contribution is -0.136. The zero-order valence-corrected chi connectivity index (χ0v) is 13.7. The molecule has 0 aliphatic rings. The number of carbonyl (C=O) groups is 2. The van der Waals surface area contributed by atoms with Crippen LogP contribution in [0.5, 0.6) is 5.75 Å². The summed E-state index contributed by atoms with van der Waals surface area (Å²) < 4.78 is 15.0. The molecular formula is C17H11FN2O4S. The van der Waals surface area contributed by atoms with Gasteiger partial charge in [0.25, 0.3) is 5.91 Å². The van der Waals surface area contributed by atoms with Gasteiger partial charge < -0.3 is 10.2 Å². The molecule has 2 N–H and O–H groups in total. The van der Waals surface area contributed by atoms with Crippen molar-refractivity contribution in [1.82, 2.24) is 4.57 Å². The number of phenols is 1. The van der Waals surface area contributed by atoms with Crippen LogP contribution < -0.4 is 0 Å². The van der Waals surface area contributed by atoms with Crippen LogP contribution in [0.15, 0.2) is 24.3 Å². The van der Waals surface area contributed by atoms with Crippen molar-refractivity contribution in [2.24, 2.45) is 0 Å². The fourth-order valence-corrected chi connectivity index (χ4v) is 3.48. The van der Waals surface area contributed by atoms with Crippen LogP contribution in [0.1, 0.15) is 25.8 Å². The lowest BCUT2D eigenvalue weighted by Crippen LogP contribution is -2.13. The molecule has 0 aliphatic carbocycles. The zero-order chi connectivity index (χ0) is 18.3. The molecule has 126 valence electrons. The van der Waals surface area contributed by atoms with Crippen molar-refractivity contribution < 1.29 is 24.2 Å². The third-order valence-corrected chi connectivity index (χ3v) is 4.84. The lowest BCUT2D eigenvalue weighted by atomic mass is 10.1. The maximum atomic E-state index is 13.8. The Kier molecular flexibility index (Phi) is 4.02. The number of nitrogens with zero attached hydrogens (tertiary/aromatic N) is 2. The van der Waals surface area contributed by atoms with E-state index in [0.717, 1.165) is 23.5 Å². The topological polar surface area (TPSA) is 103 Å². The molecule has 0 aliphatic heterocycles. The monoisotopic (exact) mass is 358 g/mol. The minimum atomic E-state index is -1.11. The van der Waals surface area contributed by atoms with Gasteiger partial charge in [-0.15, -0.1) is 11.3 Å². The average molecular weight is 358 g/mol. The number of aromatic hydroxyl groups is 1. The van der Waals surface area contributed by atoms with Crippen molar-refractivity contribution in [2.75, 3.05) is 0 Å². The van der Waals surface area contributed by atoms with Gasteiger partial charge in [-0.2, -0.15) is 5.26 Å². The highest BCUT2D eigenvalue weighted by Crippen LogP contribution is 2.32. The molecule has 0 fully saturated rings. The first-order valence-electron chi connectivity index (χ1n) is 7.12. The maximum absolute atomic E-state index is 13.8. The van der Waals surface area contributed by atoms with Gasteiger partial charge in [-0.3, -0.25) is 14.2 Å². The van der Waals surface area contributed by atoms with Crippen LogP contribution in [0.4, 0.5) is 4.39 Å². The van der Waals surface area contributed by atoms with E-state index in [1.54, 1.807) is 6.92 Å². The number of hydrogen-bond acceptors (Lipinski definition) is 5. The molecule has 0 bridgehead atoms. The number of carboxylic acids is 1. The normalized spacial score (nSPS) is 10.8. The van der Waals surface area contributed by atoms with E-state index in [-0.39, 0.29) is 16.8 Å². The van der Waals surface area contributed by atoms with Crippen LogP contribution in [0, 0.1) is 24.1 Å². The number of carboxylic acid groups (broad SMARTS) is 1. The highest BCUT2D eigenvalue weighted by molar-refractivity contribution is 7.14. The SMILES string of the molecule is Cc1c(CC(=O)O)c2cc(O)c(F)cc2n1C(=O)c1ccc(C#N)s1. The van der Waals surface area contributed by atoms with Crippen LogP contribution in [-0.2, 0) is 11.2 Å². The summed E-state index contributed by atoms with van der Waals surface area (Å²) in [5, 5.41) is 27.9. The van der Waals surface area contributed by atoms with E-state index in [9.17, 15) is 19.1 Å². The standard InChI is InChI=1S/C17H11FN2O4S/c1-8-10(5-16(22)23)11-4-14(21)12(18)6-13(11)20(8)17(24)15-3-2-9(7-19)25-15/h2-4,6,21H,5H2,1H3,(H,22,23).